The first-order chi connectivity index (χ1) is 10.2. The van der Waals surface area contributed by atoms with E-state index in [1.165, 1.54) is 17.6 Å². The quantitative estimate of drug-likeness (QED) is 0.377. The Balaban J connectivity index is 2.19. The molecule has 0 aromatic rings. The van der Waals surface area contributed by atoms with Gasteiger partial charge in [0, 0.05) is 6.08 Å². The number of hydrogen-bond acceptors (Lipinski definition) is 3. The van der Waals surface area contributed by atoms with Gasteiger partial charge in [-0.2, -0.15) is 11.8 Å². The van der Waals surface area contributed by atoms with Crippen LogP contribution in [0.2, 0.25) is 0 Å². The molecule has 1 aliphatic rings. The molecule has 0 saturated carbocycles. The third kappa shape index (κ3) is 8.79. The molecule has 3 nitrogen and oxygen atoms in total. The molecule has 0 spiro atoms. The maximum atomic E-state index is 10.3. The second kappa shape index (κ2) is 11.6. The standard InChI is InChI=1S/C17H26O3S/c1-2-3-8-11-20-12-16-14-21-13-15(16)9-6-4-5-7-10-17(18)19/h3-4,6-8,10,15-16H,2,5,9,11-14H2,1H3,(H,18,19)/t15-,16+/m1/s1. The van der Waals surface area contributed by atoms with E-state index in [1.54, 1.807) is 6.08 Å². The highest BCUT2D eigenvalue weighted by Crippen LogP contribution is 2.32. The molecule has 0 bridgehead atoms. The maximum absolute atomic E-state index is 10.3. The molecule has 2 atom stereocenters. The van der Waals surface area contributed by atoms with Crippen molar-refractivity contribution in [1.82, 2.24) is 0 Å². The number of carbonyl (C=O) groups is 1. The van der Waals surface area contributed by atoms with Gasteiger partial charge in [-0.05, 0) is 42.6 Å². The highest BCUT2D eigenvalue weighted by molar-refractivity contribution is 7.99. The Kier molecular flexibility index (Phi) is 10.0. The first kappa shape index (κ1) is 18.1. The minimum Gasteiger partial charge on any atom is -0.478 e. The summed E-state index contributed by atoms with van der Waals surface area (Å²) in [5, 5.41) is 8.48. The summed E-state index contributed by atoms with van der Waals surface area (Å²) in [4.78, 5) is 10.3. The molecular weight excluding hydrogens is 284 g/mol. The number of rotatable bonds is 10. The second-order valence-electron chi connectivity index (χ2n) is 5.16. The normalized spacial score (nSPS) is 22.9. The van der Waals surface area contributed by atoms with Gasteiger partial charge in [0.1, 0.15) is 0 Å². The number of carboxylic acid groups (broad SMARTS) is 1. The molecule has 118 valence electrons. The lowest BCUT2D eigenvalue weighted by Gasteiger charge is -2.16. The summed E-state index contributed by atoms with van der Waals surface area (Å²) in [6.07, 6.45) is 14.1. The lowest BCUT2D eigenvalue weighted by Crippen LogP contribution is -2.18. The van der Waals surface area contributed by atoms with Crippen LogP contribution in [0.5, 0.6) is 0 Å². The van der Waals surface area contributed by atoms with Gasteiger partial charge in [-0.25, -0.2) is 4.79 Å². The number of ether oxygens (including phenoxy) is 1. The predicted molar refractivity (Wildman–Crippen MR) is 89.7 cm³/mol. The van der Waals surface area contributed by atoms with Gasteiger partial charge in [-0.15, -0.1) is 0 Å². The van der Waals surface area contributed by atoms with E-state index in [0.717, 1.165) is 26.1 Å². The predicted octanol–water partition coefficient (Wildman–Crippen LogP) is 3.93. The molecule has 1 saturated heterocycles. The first-order valence-corrected chi connectivity index (χ1v) is 8.74. The zero-order valence-electron chi connectivity index (χ0n) is 12.7. The second-order valence-corrected chi connectivity index (χ2v) is 6.23. The third-order valence-electron chi connectivity index (χ3n) is 3.42. The fourth-order valence-electron chi connectivity index (χ4n) is 2.22. The van der Waals surface area contributed by atoms with Crippen molar-refractivity contribution >= 4 is 17.7 Å². The minimum absolute atomic E-state index is 0.643. The number of allylic oxidation sites excluding steroid dienone is 4. The largest absolute Gasteiger partial charge is 0.478 e. The average Bonchev–Trinajstić information content (AvgIpc) is 2.89. The van der Waals surface area contributed by atoms with Gasteiger partial charge in [0.05, 0.1) is 13.2 Å². The number of thioether (sulfide) groups is 1. The van der Waals surface area contributed by atoms with Crippen LogP contribution >= 0.6 is 11.8 Å². The van der Waals surface area contributed by atoms with Crippen molar-refractivity contribution in [3.63, 3.8) is 0 Å². The van der Waals surface area contributed by atoms with E-state index in [-0.39, 0.29) is 0 Å². The lowest BCUT2D eigenvalue weighted by molar-refractivity contribution is -0.131. The first-order valence-electron chi connectivity index (χ1n) is 7.59. The molecular formula is C17H26O3S. The fraction of sp³-hybridized carbons (Fsp3) is 0.588. The van der Waals surface area contributed by atoms with Crippen LogP contribution in [-0.4, -0.2) is 35.8 Å². The molecule has 1 aliphatic heterocycles. The van der Waals surface area contributed by atoms with Gasteiger partial charge in [0.25, 0.3) is 0 Å². The summed E-state index contributed by atoms with van der Waals surface area (Å²) < 4.78 is 5.72. The molecule has 0 amide bonds. The molecule has 1 rings (SSSR count). The molecule has 0 radical (unpaired) electrons. The van der Waals surface area contributed by atoms with Crippen LogP contribution in [0, 0.1) is 11.8 Å². The molecule has 1 fully saturated rings. The van der Waals surface area contributed by atoms with Crippen molar-refractivity contribution in [3.05, 3.63) is 36.5 Å². The lowest BCUT2D eigenvalue weighted by atomic mass is 9.93. The minimum atomic E-state index is -0.884. The van der Waals surface area contributed by atoms with Crippen molar-refractivity contribution < 1.29 is 14.6 Å². The summed E-state index contributed by atoms with van der Waals surface area (Å²) in [6, 6.07) is 0. The van der Waals surface area contributed by atoms with Crippen LogP contribution in [-0.2, 0) is 9.53 Å². The molecule has 4 heteroatoms. The number of carboxylic acids is 1. The topological polar surface area (TPSA) is 46.5 Å². The van der Waals surface area contributed by atoms with Gasteiger partial charge >= 0.3 is 5.97 Å². The highest BCUT2D eigenvalue weighted by Gasteiger charge is 2.26. The van der Waals surface area contributed by atoms with E-state index >= 15 is 0 Å². The van der Waals surface area contributed by atoms with Crippen LogP contribution < -0.4 is 0 Å². The Morgan fingerprint density at radius 3 is 2.76 bits per heavy atom. The van der Waals surface area contributed by atoms with Gasteiger partial charge < -0.3 is 9.84 Å². The van der Waals surface area contributed by atoms with Gasteiger partial charge in [0.15, 0.2) is 0 Å². The monoisotopic (exact) mass is 310 g/mol. The Morgan fingerprint density at radius 1 is 1.19 bits per heavy atom. The average molecular weight is 310 g/mol. The molecule has 0 aliphatic carbocycles. The van der Waals surface area contributed by atoms with E-state index in [4.69, 9.17) is 9.84 Å². The summed E-state index contributed by atoms with van der Waals surface area (Å²) in [5.74, 6) is 2.84. The summed E-state index contributed by atoms with van der Waals surface area (Å²) >= 11 is 2.01. The van der Waals surface area contributed by atoms with Gasteiger partial charge in [-0.3, -0.25) is 0 Å². The van der Waals surface area contributed by atoms with Crippen molar-refractivity contribution in [3.8, 4) is 0 Å². The zero-order valence-corrected chi connectivity index (χ0v) is 13.6. The molecule has 0 unspecified atom stereocenters. The summed E-state index contributed by atoms with van der Waals surface area (Å²) in [7, 11) is 0. The van der Waals surface area contributed by atoms with Crippen LogP contribution in [0.1, 0.15) is 26.2 Å². The highest BCUT2D eigenvalue weighted by atomic mass is 32.2. The van der Waals surface area contributed by atoms with Crippen LogP contribution in [0.4, 0.5) is 0 Å². The van der Waals surface area contributed by atoms with Crippen LogP contribution in [0.25, 0.3) is 0 Å². The SMILES string of the molecule is CCC=CCOC[C@H]1CSC[C@H]1CC=CCC=CC(=O)O. The number of aliphatic carboxylic acids is 1. The fourth-order valence-corrected chi connectivity index (χ4v) is 3.74. The number of hydrogen-bond donors (Lipinski definition) is 1. The van der Waals surface area contributed by atoms with Crippen molar-refractivity contribution in [2.75, 3.05) is 24.7 Å². The molecule has 0 aromatic carbocycles. The zero-order chi connectivity index (χ0) is 15.3. The van der Waals surface area contributed by atoms with E-state index in [0.29, 0.717) is 18.3 Å². The van der Waals surface area contributed by atoms with Gasteiger partial charge in [0.2, 0.25) is 0 Å². The van der Waals surface area contributed by atoms with Crippen molar-refractivity contribution in [2.45, 2.75) is 26.2 Å². The van der Waals surface area contributed by atoms with Crippen LogP contribution in [0.3, 0.4) is 0 Å². The molecule has 1 heterocycles. The van der Waals surface area contributed by atoms with Crippen molar-refractivity contribution in [2.24, 2.45) is 11.8 Å². The summed E-state index contributed by atoms with van der Waals surface area (Å²) in [6.45, 7) is 3.69. The Labute approximate surface area is 132 Å². The van der Waals surface area contributed by atoms with Gasteiger partial charge in [-0.1, -0.05) is 37.3 Å². The van der Waals surface area contributed by atoms with Crippen molar-refractivity contribution in [1.29, 1.82) is 0 Å². The van der Waals surface area contributed by atoms with E-state index in [2.05, 4.69) is 25.2 Å². The van der Waals surface area contributed by atoms with E-state index in [1.807, 2.05) is 17.8 Å². The smallest absolute Gasteiger partial charge is 0.327 e. The summed E-state index contributed by atoms with van der Waals surface area (Å²) in [5.41, 5.74) is 0. The van der Waals surface area contributed by atoms with E-state index < -0.39 is 5.97 Å². The Morgan fingerprint density at radius 2 is 2.00 bits per heavy atom. The Bertz CT molecular complexity index is 374. The van der Waals surface area contributed by atoms with Crippen LogP contribution in [0.15, 0.2) is 36.5 Å². The Hall–Kier alpha value is -1.00. The van der Waals surface area contributed by atoms with E-state index in [9.17, 15) is 4.79 Å². The molecule has 1 N–H and O–H groups in total. The maximum Gasteiger partial charge on any atom is 0.327 e. The molecule has 0 aromatic heterocycles. The third-order valence-corrected chi connectivity index (χ3v) is 4.74. The molecule has 21 heavy (non-hydrogen) atoms.